The number of rotatable bonds is 2. The van der Waals surface area contributed by atoms with Crippen molar-refractivity contribution in [2.45, 2.75) is 19.8 Å². The molecule has 1 aliphatic carbocycles. The van der Waals surface area contributed by atoms with Crippen LogP contribution in [0.4, 0.5) is 5.69 Å². The Bertz CT molecular complexity index is 674. The van der Waals surface area contributed by atoms with E-state index in [2.05, 4.69) is 78.6 Å². The summed E-state index contributed by atoms with van der Waals surface area (Å²) in [5.41, 5.74) is 4.74. The van der Waals surface area contributed by atoms with Crippen LogP contribution in [0.15, 0.2) is 66.7 Å². The summed E-state index contributed by atoms with van der Waals surface area (Å²) in [7, 11) is 0. The fourth-order valence-corrected chi connectivity index (χ4v) is 4.09. The Morgan fingerprint density at radius 3 is 2.36 bits per heavy atom. The third-order valence-electron chi connectivity index (χ3n) is 5.53. The molecule has 1 fully saturated rings. The third kappa shape index (κ3) is 2.35. The van der Waals surface area contributed by atoms with Gasteiger partial charge in [-0.1, -0.05) is 61.5 Å². The number of hydrogen-bond donors (Lipinski definition) is 0. The maximum absolute atomic E-state index is 2.58. The summed E-state index contributed by atoms with van der Waals surface area (Å²) >= 11 is 0. The van der Waals surface area contributed by atoms with Gasteiger partial charge in [0.15, 0.2) is 0 Å². The lowest BCUT2D eigenvalue weighted by Gasteiger charge is -2.34. The highest BCUT2D eigenvalue weighted by atomic mass is 15.2. The van der Waals surface area contributed by atoms with E-state index in [9.17, 15) is 0 Å². The number of fused-ring (bicyclic) bond motifs is 1. The molecule has 1 nitrogen and oxygen atoms in total. The van der Waals surface area contributed by atoms with Crippen molar-refractivity contribution >= 4 is 11.3 Å². The summed E-state index contributed by atoms with van der Waals surface area (Å²) in [6, 6.07) is 21.8. The Labute approximate surface area is 133 Å². The molecule has 0 bridgehead atoms. The molecule has 0 N–H and O–H groups in total. The molecule has 2 aliphatic rings. The third-order valence-corrected chi connectivity index (χ3v) is 5.53. The predicted molar refractivity (Wildman–Crippen MR) is 93.9 cm³/mol. The first kappa shape index (κ1) is 13.6. The fourth-order valence-electron chi connectivity index (χ4n) is 4.09. The summed E-state index contributed by atoms with van der Waals surface area (Å²) in [5.74, 6) is 0.757. The predicted octanol–water partition coefficient (Wildman–Crippen LogP) is 5.01. The average molecular weight is 289 g/mol. The van der Waals surface area contributed by atoms with Crippen LogP contribution in [0.3, 0.4) is 0 Å². The number of anilines is 1. The lowest BCUT2D eigenvalue weighted by Crippen LogP contribution is -2.29. The van der Waals surface area contributed by atoms with Crippen LogP contribution in [-0.2, 0) is 0 Å². The molecule has 0 amide bonds. The summed E-state index contributed by atoms with van der Waals surface area (Å²) < 4.78 is 0. The van der Waals surface area contributed by atoms with E-state index in [1.165, 1.54) is 42.8 Å². The second-order valence-corrected chi connectivity index (χ2v) is 7.07. The highest BCUT2D eigenvalue weighted by molar-refractivity contribution is 5.67. The Morgan fingerprint density at radius 2 is 1.64 bits per heavy atom. The first-order valence-electron chi connectivity index (χ1n) is 8.29. The lowest BCUT2D eigenvalue weighted by atomic mass is 9.69. The van der Waals surface area contributed by atoms with Crippen LogP contribution in [-0.4, -0.2) is 13.1 Å². The van der Waals surface area contributed by atoms with Crippen molar-refractivity contribution in [3.8, 4) is 0 Å². The van der Waals surface area contributed by atoms with E-state index >= 15 is 0 Å². The van der Waals surface area contributed by atoms with Gasteiger partial charge in [-0.3, -0.25) is 0 Å². The molecule has 4 rings (SSSR count). The van der Waals surface area contributed by atoms with E-state index in [1.54, 1.807) is 0 Å². The quantitative estimate of drug-likeness (QED) is 0.751. The van der Waals surface area contributed by atoms with Gasteiger partial charge in [0, 0.05) is 18.8 Å². The Hall–Kier alpha value is -2.02. The zero-order valence-electron chi connectivity index (χ0n) is 13.2. The molecule has 22 heavy (non-hydrogen) atoms. The van der Waals surface area contributed by atoms with Crippen molar-refractivity contribution in [3.05, 3.63) is 72.3 Å². The molecule has 1 heteroatoms. The second kappa shape index (κ2) is 5.31. The number of hydrogen-bond acceptors (Lipinski definition) is 1. The maximum atomic E-state index is 2.58. The van der Waals surface area contributed by atoms with Gasteiger partial charge >= 0.3 is 0 Å². The van der Waals surface area contributed by atoms with Crippen molar-refractivity contribution < 1.29 is 0 Å². The molecule has 2 unspecified atom stereocenters. The van der Waals surface area contributed by atoms with Gasteiger partial charge in [0.1, 0.15) is 0 Å². The summed E-state index contributed by atoms with van der Waals surface area (Å²) in [5, 5.41) is 0. The Balaban J connectivity index is 1.56. The number of para-hydroxylation sites is 1. The fraction of sp³-hybridized carbons (Fsp3) is 0.333. The normalized spacial score (nSPS) is 27.4. The van der Waals surface area contributed by atoms with Gasteiger partial charge in [-0.2, -0.15) is 0 Å². The van der Waals surface area contributed by atoms with Crippen LogP contribution in [0.1, 0.15) is 25.3 Å². The first-order valence-corrected chi connectivity index (χ1v) is 8.29. The van der Waals surface area contributed by atoms with Crippen LogP contribution in [0.5, 0.6) is 0 Å². The molecule has 0 saturated carbocycles. The Kier molecular flexibility index (Phi) is 3.29. The lowest BCUT2D eigenvalue weighted by molar-refractivity contribution is 0.254. The number of allylic oxidation sites excluding steroid dienone is 2. The van der Waals surface area contributed by atoms with E-state index in [1.807, 2.05) is 0 Å². The van der Waals surface area contributed by atoms with Crippen LogP contribution in [0, 0.1) is 11.3 Å². The van der Waals surface area contributed by atoms with Gasteiger partial charge in [-0.15, -0.1) is 0 Å². The molecule has 2 aromatic carbocycles. The van der Waals surface area contributed by atoms with Crippen molar-refractivity contribution in [3.63, 3.8) is 0 Å². The van der Waals surface area contributed by atoms with Gasteiger partial charge in [0.2, 0.25) is 0 Å². The summed E-state index contributed by atoms with van der Waals surface area (Å²) in [6.07, 6.45) is 4.90. The standard InChI is InChI=1S/C21H23N/c1-21-13-12-18(17-8-4-2-5-9-17)14-19(21)15-22(16-21)20-10-6-3-7-11-20/h2-12,19H,13-16H2,1H3. The van der Waals surface area contributed by atoms with Gasteiger partial charge in [0.05, 0.1) is 0 Å². The van der Waals surface area contributed by atoms with E-state index < -0.39 is 0 Å². The second-order valence-electron chi connectivity index (χ2n) is 7.07. The first-order chi connectivity index (χ1) is 10.7. The molecule has 0 radical (unpaired) electrons. The Morgan fingerprint density at radius 1 is 0.955 bits per heavy atom. The van der Waals surface area contributed by atoms with Gasteiger partial charge in [-0.05, 0) is 47.4 Å². The molecular formula is C21H23N. The highest BCUT2D eigenvalue weighted by Crippen LogP contribution is 2.48. The van der Waals surface area contributed by atoms with Crippen LogP contribution >= 0.6 is 0 Å². The van der Waals surface area contributed by atoms with Gasteiger partial charge in [0.25, 0.3) is 0 Å². The van der Waals surface area contributed by atoms with E-state index in [0.29, 0.717) is 5.41 Å². The SMILES string of the molecule is CC12CC=C(c3ccccc3)CC1CN(c1ccccc1)C2. The number of benzene rings is 2. The molecule has 0 aromatic heterocycles. The van der Waals surface area contributed by atoms with Gasteiger partial charge < -0.3 is 4.90 Å². The largest absolute Gasteiger partial charge is 0.371 e. The van der Waals surface area contributed by atoms with E-state index in [0.717, 1.165) is 5.92 Å². The zero-order chi connectivity index (χ0) is 15.0. The molecule has 112 valence electrons. The van der Waals surface area contributed by atoms with Crippen molar-refractivity contribution in [1.82, 2.24) is 0 Å². The molecular weight excluding hydrogens is 266 g/mol. The smallest absolute Gasteiger partial charge is 0.0366 e. The highest BCUT2D eigenvalue weighted by Gasteiger charge is 2.44. The molecule has 2 atom stereocenters. The summed E-state index contributed by atoms with van der Waals surface area (Å²) in [6.45, 7) is 4.84. The molecule has 1 saturated heterocycles. The number of nitrogens with zero attached hydrogens (tertiary/aromatic N) is 1. The molecule has 1 aliphatic heterocycles. The average Bonchev–Trinajstić information content (AvgIpc) is 2.93. The van der Waals surface area contributed by atoms with Crippen LogP contribution < -0.4 is 4.90 Å². The van der Waals surface area contributed by atoms with E-state index in [-0.39, 0.29) is 0 Å². The molecule has 1 heterocycles. The zero-order valence-corrected chi connectivity index (χ0v) is 13.2. The molecule has 2 aromatic rings. The van der Waals surface area contributed by atoms with Crippen LogP contribution in [0.25, 0.3) is 5.57 Å². The summed E-state index contributed by atoms with van der Waals surface area (Å²) in [4.78, 5) is 2.58. The molecule has 0 spiro atoms. The van der Waals surface area contributed by atoms with Crippen LogP contribution in [0.2, 0.25) is 0 Å². The minimum Gasteiger partial charge on any atom is -0.371 e. The minimum atomic E-state index is 0.425. The monoisotopic (exact) mass is 289 g/mol. The minimum absolute atomic E-state index is 0.425. The van der Waals surface area contributed by atoms with Crippen molar-refractivity contribution in [2.75, 3.05) is 18.0 Å². The van der Waals surface area contributed by atoms with E-state index in [4.69, 9.17) is 0 Å². The van der Waals surface area contributed by atoms with Crippen molar-refractivity contribution in [1.29, 1.82) is 0 Å². The topological polar surface area (TPSA) is 3.24 Å². The van der Waals surface area contributed by atoms with Crippen molar-refractivity contribution in [2.24, 2.45) is 11.3 Å². The van der Waals surface area contributed by atoms with Gasteiger partial charge in [-0.25, -0.2) is 0 Å². The maximum Gasteiger partial charge on any atom is 0.0366 e.